The van der Waals surface area contributed by atoms with Crippen LogP contribution < -0.4 is 5.32 Å². The minimum Gasteiger partial charge on any atom is -0.310 e. The van der Waals surface area contributed by atoms with Gasteiger partial charge in [0, 0.05) is 24.6 Å². The highest BCUT2D eigenvalue weighted by molar-refractivity contribution is 5.26. The molecule has 0 spiro atoms. The van der Waals surface area contributed by atoms with Crippen molar-refractivity contribution in [3.63, 3.8) is 0 Å². The lowest BCUT2D eigenvalue weighted by Crippen LogP contribution is -2.16. The van der Waals surface area contributed by atoms with Crippen molar-refractivity contribution in [2.24, 2.45) is 0 Å². The molecule has 0 amide bonds. The third kappa shape index (κ3) is 2.79. The van der Waals surface area contributed by atoms with Gasteiger partial charge in [-0.1, -0.05) is 25.1 Å². The standard InChI is InChI=1S/C13H17F2N/c1-2-13(14,15)11-5-3-4-10(8-11)9-16-12-6-7-12/h3-5,8,12,16H,2,6-7,9H2,1H3. The lowest BCUT2D eigenvalue weighted by Gasteiger charge is -2.15. The van der Waals surface area contributed by atoms with Gasteiger partial charge in [-0.2, -0.15) is 0 Å². The van der Waals surface area contributed by atoms with Crippen LogP contribution in [-0.4, -0.2) is 6.04 Å². The van der Waals surface area contributed by atoms with Crippen molar-refractivity contribution in [3.05, 3.63) is 35.4 Å². The third-order valence-corrected chi connectivity index (χ3v) is 2.97. The van der Waals surface area contributed by atoms with Gasteiger partial charge in [0.1, 0.15) is 0 Å². The number of hydrogen-bond donors (Lipinski definition) is 1. The molecule has 0 heterocycles. The van der Waals surface area contributed by atoms with Crippen LogP contribution in [-0.2, 0) is 12.5 Å². The summed E-state index contributed by atoms with van der Waals surface area (Å²) in [6, 6.07) is 7.33. The summed E-state index contributed by atoms with van der Waals surface area (Å²) in [6.45, 7) is 2.20. The van der Waals surface area contributed by atoms with Crippen molar-refractivity contribution < 1.29 is 8.78 Å². The molecule has 0 radical (unpaired) electrons. The maximum Gasteiger partial charge on any atom is 0.273 e. The fraction of sp³-hybridized carbons (Fsp3) is 0.538. The van der Waals surface area contributed by atoms with Gasteiger partial charge in [0.25, 0.3) is 5.92 Å². The average Bonchev–Trinajstić information content (AvgIpc) is 3.11. The molecular formula is C13H17F2N. The van der Waals surface area contributed by atoms with Crippen LogP contribution in [0, 0.1) is 0 Å². The van der Waals surface area contributed by atoms with Crippen LogP contribution in [0.4, 0.5) is 8.78 Å². The summed E-state index contributed by atoms with van der Waals surface area (Å²) in [4.78, 5) is 0. The average molecular weight is 225 g/mol. The molecule has 1 saturated carbocycles. The molecule has 1 aromatic rings. The van der Waals surface area contributed by atoms with E-state index in [1.807, 2.05) is 6.07 Å². The van der Waals surface area contributed by atoms with E-state index in [0.29, 0.717) is 12.6 Å². The van der Waals surface area contributed by atoms with Gasteiger partial charge in [-0.25, -0.2) is 8.78 Å². The Hall–Kier alpha value is -0.960. The van der Waals surface area contributed by atoms with Gasteiger partial charge >= 0.3 is 0 Å². The summed E-state index contributed by atoms with van der Waals surface area (Å²) >= 11 is 0. The molecule has 1 aromatic carbocycles. The molecule has 0 aromatic heterocycles. The monoisotopic (exact) mass is 225 g/mol. The molecule has 0 unspecified atom stereocenters. The predicted octanol–water partition coefficient (Wildman–Crippen LogP) is 3.44. The van der Waals surface area contributed by atoms with E-state index >= 15 is 0 Å². The van der Waals surface area contributed by atoms with Crippen LogP contribution in [0.2, 0.25) is 0 Å². The first kappa shape index (κ1) is 11.5. The lowest BCUT2D eigenvalue weighted by atomic mass is 10.0. The first-order valence-corrected chi connectivity index (χ1v) is 5.82. The number of halogens is 2. The number of alkyl halides is 2. The highest BCUT2D eigenvalue weighted by atomic mass is 19.3. The quantitative estimate of drug-likeness (QED) is 0.809. The van der Waals surface area contributed by atoms with E-state index in [1.54, 1.807) is 12.1 Å². The molecule has 88 valence electrons. The summed E-state index contributed by atoms with van der Waals surface area (Å²) in [6.07, 6.45) is 2.28. The number of rotatable bonds is 5. The van der Waals surface area contributed by atoms with Crippen molar-refractivity contribution in [2.45, 2.75) is 44.7 Å². The molecule has 1 aliphatic carbocycles. The van der Waals surface area contributed by atoms with Gasteiger partial charge in [-0.15, -0.1) is 0 Å². The first-order valence-electron chi connectivity index (χ1n) is 5.82. The smallest absolute Gasteiger partial charge is 0.273 e. The lowest BCUT2D eigenvalue weighted by molar-refractivity contribution is -0.00836. The Morgan fingerprint density at radius 2 is 2.12 bits per heavy atom. The topological polar surface area (TPSA) is 12.0 Å². The molecular weight excluding hydrogens is 208 g/mol. The highest BCUT2D eigenvalue weighted by Crippen LogP contribution is 2.31. The molecule has 16 heavy (non-hydrogen) atoms. The van der Waals surface area contributed by atoms with Crippen molar-refractivity contribution in [1.29, 1.82) is 0 Å². The van der Waals surface area contributed by atoms with Crippen LogP contribution in [0.15, 0.2) is 24.3 Å². The number of benzene rings is 1. The Labute approximate surface area is 94.9 Å². The van der Waals surface area contributed by atoms with Crippen molar-refractivity contribution >= 4 is 0 Å². The molecule has 1 nitrogen and oxygen atoms in total. The molecule has 0 aliphatic heterocycles. The van der Waals surface area contributed by atoms with Gasteiger partial charge in [0.05, 0.1) is 0 Å². The van der Waals surface area contributed by atoms with Gasteiger partial charge in [0.15, 0.2) is 0 Å². The van der Waals surface area contributed by atoms with Crippen LogP contribution in [0.25, 0.3) is 0 Å². The van der Waals surface area contributed by atoms with Crippen molar-refractivity contribution in [3.8, 4) is 0 Å². The maximum atomic E-state index is 13.5. The molecule has 0 atom stereocenters. The van der Waals surface area contributed by atoms with E-state index in [1.165, 1.54) is 25.8 Å². The largest absolute Gasteiger partial charge is 0.310 e. The third-order valence-electron chi connectivity index (χ3n) is 2.97. The zero-order valence-electron chi connectivity index (χ0n) is 9.47. The maximum absolute atomic E-state index is 13.5. The van der Waals surface area contributed by atoms with Gasteiger partial charge in [-0.3, -0.25) is 0 Å². The van der Waals surface area contributed by atoms with E-state index in [9.17, 15) is 8.78 Å². The first-order chi connectivity index (χ1) is 7.62. The number of hydrogen-bond acceptors (Lipinski definition) is 1. The Kier molecular flexibility index (Phi) is 3.24. The fourth-order valence-corrected chi connectivity index (χ4v) is 1.66. The van der Waals surface area contributed by atoms with Gasteiger partial charge < -0.3 is 5.32 Å². The Bertz CT molecular complexity index is 359. The predicted molar refractivity (Wildman–Crippen MR) is 60.5 cm³/mol. The second-order valence-electron chi connectivity index (χ2n) is 4.41. The van der Waals surface area contributed by atoms with Crippen molar-refractivity contribution in [1.82, 2.24) is 5.32 Å². The van der Waals surface area contributed by atoms with Crippen molar-refractivity contribution in [2.75, 3.05) is 0 Å². The molecule has 1 aliphatic rings. The summed E-state index contributed by atoms with van der Waals surface area (Å²) in [5.74, 6) is -2.70. The Balaban J connectivity index is 2.05. The summed E-state index contributed by atoms with van der Waals surface area (Å²) in [5.41, 5.74) is 1.07. The van der Waals surface area contributed by atoms with Crippen LogP contribution in [0.3, 0.4) is 0 Å². The minimum atomic E-state index is -2.70. The second kappa shape index (κ2) is 4.50. The Morgan fingerprint density at radius 3 is 2.75 bits per heavy atom. The highest BCUT2D eigenvalue weighted by Gasteiger charge is 2.29. The summed E-state index contributed by atoms with van der Waals surface area (Å²) in [7, 11) is 0. The molecule has 1 N–H and O–H groups in total. The van der Waals surface area contributed by atoms with Crippen LogP contribution in [0.1, 0.15) is 37.3 Å². The zero-order chi connectivity index (χ0) is 11.6. The summed E-state index contributed by atoms with van der Waals surface area (Å²) < 4.78 is 26.9. The van der Waals surface area contributed by atoms with E-state index in [0.717, 1.165) is 5.56 Å². The minimum absolute atomic E-state index is 0.130. The fourth-order valence-electron chi connectivity index (χ4n) is 1.66. The van der Waals surface area contributed by atoms with E-state index in [-0.39, 0.29) is 12.0 Å². The molecule has 2 rings (SSSR count). The Morgan fingerprint density at radius 1 is 1.38 bits per heavy atom. The normalized spacial score (nSPS) is 16.4. The van der Waals surface area contributed by atoms with E-state index in [4.69, 9.17) is 0 Å². The van der Waals surface area contributed by atoms with Gasteiger partial charge in [0.2, 0.25) is 0 Å². The molecule has 0 saturated heterocycles. The molecule has 0 bridgehead atoms. The van der Waals surface area contributed by atoms with E-state index < -0.39 is 5.92 Å². The molecule has 1 fully saturated rings. The van der Waals surface area contributed by atoms with Crippen LogP contribution >= 0.6 is 0 Å². The van der Waals surface area contributed by atoms with Crippen LogP contribution in [0.5, 0.6) is 0 Å². The zero-order valence-corrected chi connectivity index (χ0v) is 9.47. The number of nitrogens with one attached hydrogen (secondary N) is 1. The van der Waals surface area contributed by atoms with Gasteiger partial charge in [-0.05, 0) is 24.5 Å². The SMILES string of the molecule is CCC(F)(F)c1cccc(CNC2CC2)c1. The summed E-state index contributed by atoms with van der Waals surface area (Å²) in [5, 5.41) is 3.32. The second-order valence-corrected chi connectivity index (χ2v) is 4.41. The van der Waals surface area contributed by atoms with E-state index in [2.05, 4.69) is 5.32 Å². The molecule has 3 heteroatoms.